The average molecular weight is 320 g/mol. The van der Waals surface area contributed by atoms with Gasteiger partial charge in [0.1, 0.15) is 0 Å². The molecule has 0 unspecified atom stereocenters. The lowest BCUT2D eigenvalue weighted by Crippen LogP contribution is -2.39. The van der Waals surface area contributed by atoms with Crippen molar-refractivity contribution >= 4 is 11.9 Å². The summed E-state index contributed by atoms with van der Waals surface area (Å²) in [5, 5.41) is 5.76. The predicted molar refractivity (Wildman–Crippen MR) is 92.5 cm³/mol. The van der Waals surface area contributed by atoms with Crippen LogP contribution in [0.2, 0.25) is 0 Å². The van der Waals surface area contributed by atoms with Crippen molar-refractivity contribution in [1.82, 2.24) is 20.4 Å². The van der Waals surface area contributed by atoms with Crippen LogP contribution in [0.4, 0.5) is 4.79 Å². The van der Waals surface area contributed by atoms with Crippen LogP contribution in [0.3, 0.4) is 0 Å². The van der Waals surface area contributed by atoms with Crippen molar-refractivity contribution in [2.75, 3.05) is 40.3 Å². The summed E-state index contributed by atoms with van der Waals surface area (Å²) in [6.07, 6.45) is 0. The van der Waals surface area contributed by atoms with Gasteiger partial charge < -0.3 is 20.4 Å². The topological polar surface area (TPSA) is 64.7 Å². The first-order chi connectivity index (χ1) is 11.0. The zero-order valence-corrected chi connectivity index (χ0v) is 14.6. The second-order valence-electron chi connectivity index (χ2n) is 5.59. The number of likely N-dealkylation sites (N-methyl/N-ethyl adjacent to an activating group) is 1. The van der Waals surface area contributed by atoms with Crippen LogP contribution in [0.1, 0.15) is 29.8 Å². The number of benzene rings is 1. The highest BCUT2D eigenvalue weighted by Crippen LogP contribution is 2.05. The highest BCUT2D eigenvalue weighted by molar-refractivity contribution is 5.94. The van der Waals surface area contributed by atoms with Gasteiger partial charge in [-0.15, -0.1) is 0 Å². The molecule has 0 atom stereocenters. The van der Waals surface area contributed by atoms with Crippen molar-refractivity contribution in [3.63, 3.8) is 0 Å². The number of nitrogens with one attached hydrogen (secondary N) is 2. The van der Waals surface area contributed by atoms with E-state index in [0.717, 1.165) is 12.1 Å². The van der Waals surface area contributed by atoms with Crippen LogP contribution in [0, 0.1) is 0 Å². The minimum atomic E-state index is -0.0937. The number of hydrogen-bond acceptors (Lipinski definition) is 3. The standard InChI is InChI=1S/C17H28N4O2/c1-5-21(6-2)17(23)19-13-14-8-7-9-15(12-14)16(22)18-10-11-20(3)4/h7-9,12H,5-6,10-11,13H2,1-4H3,(H,18,22)(H,19,23). The third-order valence-electron chi connectivity index (χ3n) is 3.53. The van der Waals surface area contributed by atoms with Crippen LogP contribution >= 0.6 is 0 Å². The molecule has 0 heterocycles. The Morgan fingerprint density at radius 1 is 1.09 bits per heavy atom. The van der Waals surface area contributed by atoms with Gasteiger partial charge >= 0.3 is 6.03 Å². The van der Waals surface area contributed by atoms with Crippen molar-refractivity contribution in [2.24, 2.45) is 0 Å². The highest BCUT2D eigenvalue weighted by atomic mass is 16.2. The summed E-state index contributed by atoms with van der Waals surface area (Å²) in [7, 11) is 3.93. The lowest BCUT2D eigenvalue weighted by Gasteiger charge is -2.19. The van der Waals surface area contributed by atoms with Gasteiger partial charge in [0.05, 0.1) is 0 Å². The molecule has 6 heteroatoms. The van der Waals surface area contributed by atoms with E-state index in [9.17, 15) is 9.59 Å². The summed E-state index contributed by atoms with van der Waals surface area (Å²) in [5.41, 5.74) is 1.52. The quantitative estimate of drug-likeness (QED) is 0.763. The highest BCUT2D eigenvalue weighted by Gasteiger charge is 2.09. The molecule has 0 radical (unpaired) electrons. The molecule has 0 fully saturated rings. The van der Waals surface area contributed by atoms with Crippen LogP contribution in [0.5, 0.6) is 0 Å². The van der Waals surface area contributed by atoms with E-state index in [-0.39, 0.29) is 11.9 Å². The largest absolute Gasteiger partial charge is 0.351 e. The van der Waals surface area contributed by atoms with E-state index in [1.807, 2.05) is 51.0 Å². The van der Waals surface area contributed by atoms with Crippen molar-refractivity contribution in [2.45, 2.75) is 20.4 Å². The fourth-order valence-corrected chi connectivity index (χ4v) is 2.12. The Kier molecular flexibility index (Phi) is 8.11. The summed E-state index contributed by atoms with van der Waals surface area (Å²) in [5.74, 6) is -0.0937. The van der Waals surface area contributed by atoms with Crippen LogP contribution in [0.25, 0.3) is 0 Å². The molecule has 0 saturated carbocycles. The van der Waals surface area contributed by atoms with Crippen molar-refractivity contribution < 1.29 is 9.59 Å². The van der Waals surface area contributed by atoms with E-state index in [1.165, 1.54) is 0 Å². The first-order valence-electron chi connectivity index (χ1n) is 8.02. The van der Waals surface area contributed by atoms with Gasteiger partial charge in [-0.2, -0.15) is 0 Å². The zero-order valence-electron chi connectivity index (χ0n) is 14.6. The Morgan fingerprint density at radius 2 is 1.78 bits per heavy atom. The van der Waals surface area contributed by atoms with E-state index in [2.05, 4.69) is 10.6 Å². The van der Waals surface area contributed by atoms with Crippen molar-refractivity contribution in [1.29, 1.82) is 0 Å². The number of hydrogen-bond donors (Lipinski definition) is 2. The summed E-state index contributed by atoms with van der Waals surface area (Å²) in [4.78, 5) is 27.8. The number of amides is 3. The van der Waals surface area contributed by atoms with Gasteiger partial charge in [-0.05, 0) is 45.6 Å². The SMILES string of the molecule is CCN(CC)C(=O)NCc1cccc(C(=O)NCCN(C)C)c1. The third kappa shape index (κ3) is 6.69. The maximum atomic E-state index is 12.1. The van der Waals surface area contributed by atoms with E-state index in [4.69, 9.17) is 0 Å². The van der Waals surface area contributed by atoms with Crippen molar-refractivity contribution in [3.05, 3.63) is 35.4 Å². The minimum Gasteiger partial charge on any atom is -0.351 e. The molecule has 23 heavy (non-hydrogen) atoms. The van der Waals surface area contributed by atoms with Gasteiger partial charge in [-0.25, -0.2) is 4.79 Å². The van der Waals surface area contributed by atoms with Crippen LogP contribution in [-0.2, 0) is 6.54 Å². The summed E-state index contributed by atoms with van der Waals surface area (Å²) >= 11 is 0. The van der Waals surface area contributed by atoms with Gasteiger partial charge in [0, 0.05) is 38.3 Å². The summed E-state index contributed by atoms with van der Waals surface area (Å²) in [6, 6.07) is 7.24. The molecule has 2 N–H and O–H groups in total. The molecule has 0 bridgehead atoms. The number of carbonyl (C=O) groups is 2. The van der Waals surface area contributed by atoms with Crippen LogP contribution in [-0.4, -0.2) is 62.0 Å². The normalized spacial score (nSPS) is 10.5. The van der Waals surface area contributed by atoms with Crippen molar-refractivity contribution in [3.8, 4) is 0 Å². The molecule has 0 spiro atoms. The molecule has 1 aromatic rings. The van der Waals surface area contributed by atoms with Gasteiger partial charge in [-0.1, -0.05) is 12.1 Å². The van der Waals surface area contributed by atoms with E-state index < -0.39 is 0 Å². The van der Waals surface area contributed by atoms with Gasteiger partial charge in [-0.3, -0.25) is 4.79 Å². The Balaban J connectivity index is 2.56. The number of nitrogens with zero attached hydrogens (tertiary/aromatic N) is 2. The van der Waals surface area contributed by atoms with Crippen LogP contribution in [0.15, 0.2) is 24.3 Å². The monoisotopic (exact) mass is 320 g/mol. The maximum absolute atomic E-state index is 12.1. The molecule has 0 aliphatic heterocycles. The Morgan fingerprint density at radius 3 is 2.39 bits per heavy atom. The molecule has 1 rings (SSSR count). The second-order valence-corrected chi connectivity index (χ2v) is 5.59. The predicted octanol–water partition coefficient (Wildman–Crippen LogP) is 1.53. The molecule has 0 aliphatic carbocycles. The number of carbonyl (C=O) groups excluding carboxylic acids is 2. The Hall–Kier alpha value is -2.08. The molecular formula is C17H28N4O2. The number of urea groups is 1. The zero-order chi connectivity index (χ0) is 17.2. The van der Waals surface area contributed by atoms with E-state index >= 15 is 0 Å². The third-order valence-corrected chi connectivity index (χ3v) is 3.53. The lowest BCUT2D eigenvalue weighted by atomic mass is 10.1. The molecule has 0 aromatic heterocycles. The first kappa shape index (κ1) is 19.0. The fraction of sp³-hybridized carbons (Fsp3) is 0.529. The molecule has 3 amide bonds. The maximum Gasteiger partial charge on any atom is 0.317 e. The molecule has 6 nitrogen and oxygen atoms in total. The van der Waals surface area contributed by atoms with Gasteiger partial charge in [0.2, 0.25) is 0 Å². The van der Waals surface area contributed by atoms with Crippen LogP contribution < -0.4 is 10.6 Å². The van der Waals surface area contributed by atoms with Gasteiger partial charge in [0.25, 0.3) is 5.91 Å². The second kappa shape index (κ2) is 9.84. The minimum absolute atomic E-state index is 0.0872. The molecule has 0 saturated heterocycles. The van der Waals surface area contributed by atoms with E-state index in [1.54, 1.807) is 11.0 Å². The van der Waals surface area contributed by atoms with E-state index in [0.29, 0.717) is 31.7 Å². The number of rotatable bonds is 8. The molecule has 0 aliphatic rings. The first-order valence-corrected chi connectivity index (χ1v) is 8.02. The lowest BCUT2D eigenvalue weighted by molar-refractivity contribution is 0.0951. The molecular weight excluding hydrogens is 292 g/mol. The molecule has 128 valence electrons. The summed E-state index contributed by atoms with van der Waals surface area (Å²) < 4.78 is 0. The van der Waals surface area contributed by atoms with Gasteiger partial charge in [0.15, 0.2) is 0 Å². The fourth-order valence-electron chi connectivity index (χ4n) is 2.12. The molecule has 1 aromatic carbocycles. The smallest absolute Gasteiger partial charge is 0.317 e. The summed E-state index contributed by atoms with van der Waals surface area (Å²) in [6.45, 7) is 7.06. The Bertz CT molecular complexity index is 513. The average Bonchev–Trinajstić information content (AvgIpc) is 2.54. The Labute approximate surface area is 138 Å².